The lowest BCUT2D eigenvalue weighted by molar-refractivity contribution is 0.0330. The first-order chi connectivity index (χ1) is 9.54. The third-order valence-electron chi connectivity index (χ3n) is 3.99. The fourth-order valence-electron chi connectivity index (χ4n) is 2.75. The molecule has 3 unspecified atom stereocenters. The zero-order chi connectivity index (χ0) is 14.5. The molecule has 1 aromatic carbocycles. The molecule has 0 amide bonds. The van der Waals surface area contributed by atoms with E-state index >= 15 is 0 Å². The number of ether oxygens (including phenoxy) is 1. The Morgan fingerprint density at radius 1 is 1.40 bits per heavy atom. The van der Waals surface area contributed by atoms with Gasteiger partial charge in [-0.15, -0.1) is 0 Å². The highest BCUT2D eigenvalue weighted by molar-refractivity contribution is 5.43. The number of nitrogens with zero attached hydrogens (tertiary/aromatic N) is 1. The number of benzene rings is 1. The van der Waals surface area contributed by atoms with Crippen molar-refractivity contribution in [3.8, 4) is 5.75 Å². The molecule has 1 heterocycles. The molecule has 1 aliphatic heterocycles. The maximum absolute atomic E-state index is 10.1. The molecule has 1 fully saturated rings. The first-order valence-electron chi connectivity index (χ1n) is 7.45. The second kappa shape index (κ2) is 6.95. The van der Waals surface area contributed by atoms with Crippen molar-refractivity contribution in [3.05, 3.63) is 24.3 Å². The number of β-amino-alcohol motifs (C(OH)–C–C–N with tert-alkyl or cyclic N) is 1. The van der Waals surface area contributed by atoms with Gasteiger partial charge in [0.2, 0.25) is 0 Å². The summed E-state index contributed by atoms with van der Waals surface area (Å²) in [6.07, 6.45) is 2.03. The number of rotatable bonds is 5. The fourth-order valence-corrected chi connectivity index (χ4v) is 2.75. The highest BCUT2D eigenvalue weighted by atomic mass is 16.5. The van der Waals surface area contributed by atoms with Gasteiger partial charge in [0.25, 0.3) is 0 Å². The molecule has 0 aromatic heterocycles. The van der Waals surface area contributed by atoms with Crippen LogP contribution in [0.25, 0.3) is 0 Å². The van der Waals surface area contributed by atoms with E-state index in [0.29, 0.717) is 36.5 Å². The number of likely N-dealkylation sites (tertiary alicyclic amines) is 1. The maximum Gasteiger partial charge on any atom is 0.121 e. The van der Waals surface area contributed by atoms with Gasteiger partial charge >= 0.3 is 0 Å². The summed E-state index contributed by atoms with van der Waals surface area (Å²) in [6.45, 7) is 6.55. The van der Waals surface area contributed by atoms with Gasteiger partial charge in [0, 0.05) is 30.9 Å². The van der Waals surface area contributed by atoms with E-state index in [1.165, 1.54) is 12.8 Å². The van der Waals surface area contributed by atoms with Gasteiger partial charge in [0.05, 0.1) is 0 Å². The van der Waals surface area contributed by atoms with Crippen molar-refractivity contribution < 1.29 is 9.84 Å². The van der Waals surface area contributed by atoms with Crippen LogP contribution < -0.4 is 10.5 Å². The van der Waals surface area contributed by atoms with Crippen LogP contribution in [0, 0.1) is 5.92 Å². The summed E-state index contributed by atoms with van der Waals surface area (Å²) < 4.78 is 5.60. The largest absolute Gasteiger partial charge is 0.491 e. The molecule has 3 N–H and O–H groups in total. The van der Waals surface area contributed by atoms with Crippen molar-refractivity contribution in [2.45, 2.75) is 38.8 Å². The second-order valence-electron chi connectivity index (χ2n) is 6.02. The van der Waals surface area contributed by atoms with Gasteiger partial charge in [0.15, 0.2) is 0 Å². The third-order valence-corrected chi connectivity index (χ3v) is 3.99. The van der Waals surface area contributed by atoms with Crippen LogP contribution in [-0.4, -0.2) is 41.8 Å². The summed E-state index contributed by atoms with van der Waals surface area (Å²) >= 11 is 0. The average Bonchev–Trinajstić information content (AvgIpc) is 2.41. The Bertz CT molecular complexity index is 425. The van der Waals surface area contributed by atoms with Crippen LogP contribution >= 0.6 is 0 Å². The standard InChI is InChI=1S/C16H26N2O2/c1-12-6-7-13(2)18(9-12)10-15(19)11-20-16-5-3-4-14(17)8-16/h3-5,8,12-13,15,19H,6-7,9-11,17H2,1-2H3. The third kappa shape index (κ3) is 4.39. The Labute approximate surface area is 121 Å². The fraction of sp³-hybridized carbons (Fsp3) is 0.625. The number of hydrogen-bond acceptors (Lipinski definition) is 4. The molecule has 20 heavy (non-hydrogen) atoms. The molecule has 3 atom stereocenters. The highest BCUT2D eigenvalue weighted by Gasteiger charge is 2.24. The van der Waals surface area contributed by atoms with Crippen LogP contribution in [0.2, 0.25) is 0 Å². The Balaban J connectivity index is 1.78. The van der Waals surface area contributed by atoms with Crippen molar-refractivity contribution in [3.63, 3.8) is 0 Å². The van der Waals surface area contributed by atoms with Crippen molar-refractivity contribution in [1.29, 1.82) is 0 Å². The van der Waals surface area contributed by atoms with E-state index in [-0.39, 0.29) is 0 Å². The summed E-state index contributed by atoms with van der Waals surface area (Å²) in [7, 11) is 0. The van der Waals surface area contributed by atoms with Crippen molar-refractivity contribution in [1.82, 2.24) is 4.90 Å². The molecule has 0 aliphatic carbocycles. The number of aliphatic hydroxyl groups is 1. The quantitative estimate of drug-likeness (QED) is 0.810. The van der Waals surface area contributed by atoms with Crippen molar-refractivity contribution >= 4 is 5.69 Å². The van der Waals surface area contributed by atoms with Gasteiger partial charge in [-0.25, -0.2) is 0 Å². The summed E-state index contributed by atoms with van der Waals surface area (Å²) in [5.41, 5.74) is 6.37. The van der Waals surface area contributed by atoms with E-state index in [0.717, 1.165) is 6.54 Å². The molecule has 4 nitrogen and oxygen atoms in total. The van der Waals surface area contributed by atoms with Gasteiger partial charge in [-0.2, -0.15) is 0 Å². The first kappa shape index (κ1) is 15.1. The van der Waals surface area contributed by atoms with Crippen LogP contribution in [0.3, 0.4) is 0 Å². The van der Waals surface area contributed by atoms with Crippen LogP contribution in [0.4, 0.5) is 5.69 Å². The van der Waals surface area contributed by atoms with Crippen molar-refractivity contribution in [2.24, 2.45) is 5.92 Å². The summed E-state index contributed by atoms with van der Waals surface area (Å²) in [5, 5.41) is 10.1. The zero-order valence-electron chi connectivity index (χ0n) is 12.5. The molecular weight excluding hydrogens is 252 g/mol. The molecule has 0 saturated carbocycles. The van der Waals surface area contributed by atoms with Gasteiger partial charge in [0.1, 0.15) is 18.5 Å². The molecule has 1 aliphatic rings. The molecule has 4 heteroatoms. The number of nitrogens with two attached hydrogens (primary N) is 1. The van der Waals surface area contributed by atoms with Crippen LogP contribution in [-0.2, 0) is 0 Å². The van der Waals surface area contributed by atoms with Gasteiger partial charge in [-0.3, -0.25) is 4.90 Å². The molecule has 0 bridgehead atoms. The Hall–Kier alpha value is -1.26. The Kier molecular flexibility index (Phi) is 5.26. The first-order valence-corrected chi connectivity index (χ1v) is 7.45. The number of hydrogen-bond donors (Lipinski definition) is 2. The van der Waals surface area contributed by atoms with E-state index in [2.05, 4.69) is 18.7 Å². The van der Waals surface area contributed by atoms with E-state index in [1.807, 2.05) is 18.2 Å². The van der Waals surface area contributed by atoms with Gasteiger partial charge in [-0.05, 0) is 37.8 Å². The predicted molar refractivity (Wildman–Crippen MR) is 81.8 cm³/mol. The van der Waals surface area contributed by atoms with E-state index in [9.17, 15) is 5.11 Å². The molecule has 1 saturated heterocycles. The minimum atomic E-state index is -0.468. The molecule has 1 aromatic rings. The smallest absolute Gasteiger partial charge is 0.121 e. The monoisotopic (exact) mass is 278 g/mol. The lowest BCUT2D eigenvalue weighted by Gasteiger charge is -2.37. The normalized spacial score (nSPS) is 25.4. The average molecular weight is 278 g/mol. The minimum absolute atomic E-state index is 0.307. The number of aliphatic hydroxyl groups excluding tert-OH is 1. The molecular formula is C16H26N2O2. The molecule has 112 valence electrons. The molecule has 2 rings (SSSR count). The van der Waals surface area contributed by atoms with Crippen molar-refractivity contribution in [2.75, 3.05) is 25.4 Å². The molecule has 0 spiro atoms. The predicted octanol–water partition coefficient (Wildman–Crippen LogP) is 2.13. The minimum Gasteiger partial charge on any atom is -0.491 e. The van der Waals surface area contributed by atoms with E-state index in [4.69, 9.17) is 10.5 Å². The zero-order valence-corrected chi connectivity index (χ0v) is 12.5. The number of nitrogen functional groups attached to an aromatic ring is 1. The van der Waals surface area contributed by atoms with E-state index in [1.54, 1.807) is 6.07 Å². The maximum atomic E-state index is 10.1. The van der Waals surface area contributed by atoms with Gasteiger partial charge < -0.3 is 15.6 Å². The molecule has 0 radical (unpaired) electrons. The van der Waals surface area contributed by atoms with Gasteiger partial charge in [-0.1, -0.05) is 13.0 Å². The Morgan fingerprint density at radius 3 is 2.95 bits per heavy atom. The van der Waals surface area contributed by atoms with E-state index < -0.39 is 6.10 Å². The Morgan fingerprint density at radius 2 is 2.20 bits per heavy atom. The second-order valence-corrected chi connectivity index (χ2v) is 6.02. The highest BCUT2D eigenvalue weighted by Crippen LogP contribution is 2.21. The summed E-state index contributed by atoms with van der Waals surface area (Å²) in [4.78, 5) is 2.36. The summed E-state index contributed by atoms with van der Waals surface area (Å²) in [5.74, 6) is 1.43. The van der Waals surface area contributed by atoms with Crippen LogP contribution in [0.5, 0.6) is 5.75 Å². The van der Waals surface area contributed by atoms with Crippen LogP contribution in [0.1, 0.15) is 26.7 Å². The SMILES string of the molecule is CC1CCC(C)N(CC(O)COc2cccc(N)c2)C1. The lowest BCUT2D eigenvalue weighted by Crippen LogP contribution is -2.46. The number of piperidine rings is 1. The topological polar surface area (TPSA) is 58.7 Å². The number of anilines is 1. The van der Waals surface area contributed by atoms with Crippen LogP contribution in [0.15, 0.2) is 24.3 Å². The lowest BCUT2D eigenvalue weighted by atomic mass is 9.95. The summed E-state index contributed by atoms with van der Waals surface area (Å²) in [6, 6.07) is 7.85.